The first-order valence-electron chi connectivity index (χ1n) is 20.1. The molecule has 1 spiro atoms. The molecule has 1 unspecified atom stereocenters. The molecule has 0 radical (unpaired) electrons. The molecule has 316 valence electrons. The molecule has 2 aromatic carbocycles. The summed E-state index contributed by atoms with van der Waals surface area (Å²) in [5.41, 5.74) is -0.00154. The van der Waals surface area contributed by atoms with E-state index in [9.17, 15) is 37.6 Å². The van der Waals surface area contributed by atoms with Crippen LogP contribution in [-0.4, -0.2) is 94.3 Å². The Morgan fingerprint density at radius 1 is 1.10 bits per heavy atom. The maximum atomic E-state index is 13.9. The van der Waals surface area contributed by atoms with Crippen molar-refractivity contribution in [2.75, 3.05) is 49.1 Å². The van der Waals surface area contributed by atoms with Gasteiger partial charge < -0.3 is 9.64 Å². The summed E-state index contributed by atoms with van der Waals surface area (Å²) in [7, 11) is 0. The number of piperidine rings is 1. The van der Waals surface area contributed by atoms with Crippen LogP contribution in [-0.2, 0) is 44.6 Å². The van der Waals surface area contributed by atoms with Gasteiger partial charge in [0.2, 0.25) is 11.8 Å². The molecule has 4 fully saturated rings. The zero-order valence-corrected chi connectivity index (χ0v) is 34.9. The second-order valence-corrected chi connectivity index (χ2v) is 16.8. The number of benzene rings is 2. The van der Waals surface area contributed by atoms with Gasteiger partial charge in [-0.3, -0.25) is 39.2 Å². The number of amides is 3. The molecular formula is C43H45ClF3N7O5S. The molecular weight excluding hydrogens is 819 g/mol. The molecule has 3 saturated heterocycles. The number of anilines is 2. The molecule has 1 aromatic heterocycles. The van der Waals surface area contributed by atoms with Crippen LogP contribution in [0.15, 0.2) is 48.7 Å². The zero-order valence-electron chi connectivity index (χ0n) is 33.3. The smallest absolute Gasteiger partial charge is 0.419 e. The monoisotopic (exact) mass is 863 g/mol. The summed E-state index contributed by atoms with van der Waals surface area (Å²) in [5, 5.41) is 12.2. The molecule has 1 aliphatic carbocycles. The number of alkyl halides is 3. The number of Topliss-reactive ketones (excluding diaryl/α,β-unsaturated/α-hetero) is 1. The fourth-order valence-electron chi connectivity index (χ4n) is 8.67. The quantitative estimate of drug-likeness (QED) is 0.159. The van der Waals surface area contributed by atoms with Gasteiger partial charge in [0.15, 0.2) is 16.6 Å². The van der Waals surface area contributed by atoms with Crippen molar-refractivity contribution in [1.82, 2.24) is 20.1 Å². The standard InChI is InChI=1S/C43H45ClF3N7O5S/c1-3-29-20-32(54-41(60)53(40(58)42(54)9-4-10-42)33-21-35(43(45,46)47)36(22-48)49-23-33)6-7-37(29)59-14-13-51-11-12-52(26(2)24-51)25-34(55)19-28-15-27(17-31(44)18-28)16-30-5-8-38(56)50-39(30)57/h6-7,15,17-18,20-21,23,26,30H,3-5,8-14,16,19,24-25H2,1-2H3,(H,50,56,57)/t26-,30?/m1/s1. The topological polar surface area (TPSA) is 139 Å². The number of ether oxygens (including phenoxy) is 1. The number of hydrogen-bond donors (Lipinski definition) is 1. The van der Waals surface area contributed by atoms with Crippen LogP contribution in [0.3, 0.4) is 0 Å². The number of nitriles is 1. The number of piperazine rings is 1. The summed E-state index contributed by atoms with van der Waals surface area (Å²) < 4.78 is 47.7. The van der Waals surface area contributed by atoms with Gasteiger partial charge in [-0.1, -0.05) is 24.6 Å². The predicted molar refractivity (Wildman–Crippen MR) is 222 cm³/mol. The van der Waals surface area contributed by atoms with Gasteiger partial charge in [-0.2, -0.15) is 18.4 Å². The van der Waals surface area contributed by atoms with E-state index in [2.05, 4.69) is 27.0 Å². The SMILES string of the molecule is CCc1cc(N2C(=S)N(c3cnc(C#N)c(C(F)(F)F)c3)C(=O)C23CCC3)ccc1OCCN1CCN(CC(=O)Cc2cc(Cl)cc(CC3CCC(=O)NC3=O)c2)[C@H](C)C1. The van der Waals surface area contributed by atoms with Crippen molar-refractivity contribution < 1.29 is 37.1 Å². The fraction of sp³-hybridized carbons (Fsp3) is 0.465. The van der Waals surface area contributed by atoms with Gasteiger partial charge in [-0.05, 0) is 111 Å². The number of thiocarbonyl (C=S) groups is 1. The van der Waals surface area contributed by atoms with Gasteiger partial charge in [0.05, 0.1) is 24.0 Å². The summed E-state index contributed by atoms with van der Waals surface area (Å²) in [6, 6.07) is 13.4. The molecule has 3 aliphatic heterocycles. The highest BCUT2D eigenvalue weighted by atomic mass is 35.5. The molecule has 7 rings (SSSR count). The van der Waals surface area contributed by atoms with Crippen LogP contribution in [0.4, 0.5) is 24.5 Å². The molecule has 3 aromatic rings. The van der Waals surface area contributed by atoms with Gasteiger partial charge in [0, 0.05) is 61.7 Å². The van der Waals surface area contributed by atoms with Crippen LogP contribution in [0, 0.1) is 17.2 Å². The van der Waals surface area contributed by atoms with Gasteiger partial charge >= 0.3 is 6.18 Å². The van der Waals surface area contributed by atoms with Crippen LogP contribution in [0.5, 0.6) is 5.75 Å². The number of nitrogens with one attached hydrogen (secondary N) is 1. The fourth-order valence-corrected chi connectivity index (χ4v) is 9.42. The maximum Gasteiger partial charge on any atom is 0.419 e. The lowest BCUT2D eigenvalue weighted by molar-refractivity contribution is -0.138. The third-order valence-electron chi connectivity index (χ3n) is 12.0. The van der Waals surface area contributed by atoms with Gasteiger partial charge in [-0.25, -0.2) is 4.98 Å². The molecule has 1 saturated carbocycles. The molecule has 4 heterocycles. The first kappa shape index (κ1) is 43.1. The third-order valence-corrected chi connectivity index (χ3v) is 12.5. The number of rotatable bonds is 13. The molecule has 60 heavy (non-hydrogen) atoms. The lowest BCUT2D eigenvalue weighted by Crippen LogP contribution is -2.55. The van der Waals surface area contributed by atoms with Gasteiger partial charge in [-0.15, -0.1) is 0 Å². The number of aromatic nitrogens is 1. The minimum atomic E-state index is -4.85. The lowest BCUT2D eigenvalue weighted by Gasteiger charge is -2.43. The maximum absolute atomic E-state index is 13.9. The van der Waals surface area contributed by atoms with E-state index in [-0.39, 0.29) is 46.8 Å². The van der Waals surface area contributed by atoms with Gasteiger partial charge in [0.1, 0.15) is 24.0 Å². The van der Waals surface area contributed by atoms with Crippen molar-refractivity contribution in [2.45, 2.75) is 83.0 Å². The van der Waals surface area contributed by atoms with E-state index in [1.807, 2.05) is 31.2 Å². The molecule has 17 heteroatoms. The van der Waals surface area contributed by atoms with Crippen molar-refractivity contribution in [3.05, 3.63) is 81.6 Å². The highest BCUT2D eigenvalue weighted by Crippen LogP contribution is 2.49. The van der Waals surface area contributed by atoms with Crippen molar-refractivity contribution >= 4 is 63.8 Å². The summed E-state index contributed by atoms with van der Waals surface area (Å²) in [4.78, 5) is 62.1. The summed E-state index contributed by atoms with van der Waals surface area (Å²) in [6.45, 7) is 7.69. The highest BCUT2D eigenvalue weighted by molar-refractivity contribution is 7.81. The average molecular weight is 864 g/mol. The number of pyridine rings is 1. The molecule has 4 aliphatic rings. The van der Waals surface area contributed by atoms with E-state index in [1.165, 1.54) is 6.07 Å². The summed E-state index contributed by atoms with van der Waals surface area (Å²) in [6.07, 6.45) is 0.0223. The van der Waals surface area contributed by atoms with E-state index >= 15 is 0 Å². The van der Waals surface area contributed by atoms with Gasteiger partial charge in [0.25, 0.3) is 5.91 Å². The summed E-state index contributed by atoms with van der Waals surface area (Å²) in [5.74, 6) is -0.516. The van der Waals surface area contributed by atoms with E-state index < -0.39 is 28.9 Å². The Kier molecular flexibility index (Phi) is 12.6. The number of halogens is 4. The van der Waals surface area contributed by atoms with Crippen molar-refractivity contribution in [2.24, 2.45) is 5.92 Å². The molecule has 2 atom stereocenters. The first-order valence-corrected chi connectivity index (χ1v) is 20.9. The number of carbonyl (C=O) groups is 4. The molecule has 1 N–H and O–H groups in total. The number of aryl methyl sites for hydroxylation is 1. The van der Waals surface area contributed by atoms with Crippen LogP contribution >= 0.6 is 23.8 Å². The highest BCUT2D eigenvalue weighted by Gasteiger charge is 2.60. The second-order valence-electron chi connectivity index (χ2n) is 16.0. The molecule has 3 amide bonds. The number of hydrogen-bond acceptors (Lipinski definition) is 10. The van der Waals surface area contributed by atoms with E-state index in [0.717, 1.165) is 53.4 Å². The Morgan fingerprint density at radius 3 is 2.53 bits per heavy atom. The van der Waals surface area contributed by atoms with Crippen LogP contribution in [0.2, 0.25) is 5.02 Å². The normalized spacial score (nSPS) is 20.9. The van der Waals surface area contributed by atoms with Crippen LogP contribution < -0.4 is 19.9 Å². The van der Waals surface area contributed by atoms with E-state index in [1.54, 1.807) is 17.0 Å². The second kappa shape index (κ2) is 17.6. The Balaban J connectivity index is 0.931. The zero-order chi connectivity index (χ0) is 42.9. The Morgan fingerprint density at radius 2 is 1.87 bits per heavy atom. The van der Waals surface area contributed by atoms with Crippen molar-refractivity contribution in [1.29, 1.82) is 5.26 Å². The van der Waals surface area contributed by atoms with E-state index in [0.29, 0.717) is 81.2 Å². The first-order chi connectivity index (χ1) is 28.6. The van der Waals surface area contributed by atoms with Crippen LogP contribution in [0.25, 0.3) is 0 Å². The number of imide groups is 1. The number of carbonyl (C=O) groups excluding carboxylic acids is 4. The molecule has 12 nitrogen and oxygen atoms in total. The number of ketones is 1. The van der Waals surface area contributed by atoms with Crippen LogP contribution in [0.1, 0.15) is 73.9 Å². The lowest BCUT2D eigenvalue weighted by atomic mass is 9.75. The van der Waals surface area contributed by atoms with Crippen molar-refractivity contribution in [3.8, 4) is 11.8 Å². The minimum absolute atomic E-state index is 0.0469. The third kappa shape index (κ3) is 8.90. The predicted octanol–water partition coefficient (Wildman–Crippen LogP) is 6.04. The Labute approximate surface area is 356 Å². The average Bonchev–Trinajstić information content (AvgIpc) is 3.42. The Hall–Kier alpha value is -4.95. The largest absolute Gasteiger partial charge is 0.492 e. The minimum Gasteiger partial charge on any atom is -0.492 e. The van der Waals surface area contributed by atoms with E-state index in [4.69, 9.17) is 28.6 Å². The number of nitrogens with zero attached hydrogens (tertiary/aromatic N) is 6. The van der Waals surface area contributed by atoms with Crippen molar-refractivity contribution in [3.63, 3.8) is 0 Å². The molecule has 0 bridgehead atoms. The summed E-state index contributed by atoms with van der Waals surface area (Å²) >= 11 is 12.2. The Bertz CT molecular complexity index is 2260.